The first-order valence-electron chi connectivity index (χ1n) is 7.84. The number of nitrogens with one attached hydrogen (secondary N) is 2. The van der Waals surface area contributed by atoms with Crippen molar-refractivity contribution in [3.8, 4) is 5.82 Å². The molecule has 0 spiro atoms. The zero-order valence-electron chi connectivity index (χ0n) is 13.5. The van der Waals surface area contributed by atoms with Crippen molar-refractivity contribution in [3.63, 3.8) is 0 Å². The van der Waals surface area contributed by atoms with E-state index in [4.69, 9.17) is 0 Å². The molecule has 3 aromatic heterocycles. The highest BCUT2D eigenvalue weighted by Gasteiger charge is 2.02. The quantitative estimate of drug-likeness (QED) is 0.535. The molecule has 3 rings (SSSR count). The highest BCUT2D eigenvalue weighted by atomic mass is 32.1. The van der Waals surface area contributed by atoms with Crippen LogP contribution >= 0.6 is 11.3 Å². The molecule has 0 fully saturated rings. The van der Waals surface area contributed by atoms with Crippen molar-refractivity contribution in [3.05, 3.63) is 64.7 Å². The summed E-state index contributed by atoms with van der Waals surface area (Å²) < 4.78 is 1.74. The van der Waals surface area contributed by atoms with Crippen LogP contribution in [0.3, 0.4) is 0 Å². The molecule has 0 bridgehead atoms. The van der Waals surface area contributed by atoms with Gasteiger partial charge in [0.25, 0.3) is 0 Å². The van der Waals surface area contributed by atoms with Gasteiger partial charge in [0.05, 0.1) is 13.1 Å². The minimum atomic E-state index is 0.580. The van der Waals surface area contributed by atoms with Gasteiger partial charge in [0.1, 0.15) is 0 Å². The van der Waals surface area contributed by atoms with E-state index in [0.717, 1.165) is 30.4 Å². The Kier molecular flexibility index (Phi) is 5.57. The largest absolute Gasteiger partial charge is 0.357 e. The highest BCUT2D eigenvalue weighted by Crippen LogP contribution is 2.08. The molecule has 2 N–H and O–H groups in total. The van der Waals surface area contributed by atoms with Crippen molar-refractivity contribution in [2.45, 2.75) is 20.0 Å². The summed E-state index contributed by atoms with van der Waals surface area (Å²) in [6, 6.07) is 10.0. The van der Waals surface area contributed by atoms with Gasteiger partial charge in [0.2, 0.25) is 0 Å². The van der Waals surface area contributed by atoms with Crippen LogP contribution in [-0.2, 0) is 13.1 Å². The van der Waals surface area contributed by atoms with Crippen LogP contribution < -0.4 is 10.6 Å². The maximum Gasteiger partial charge on any atom is 0.191 e. The van der Waals surface area contributed by atoms with Crippen LogP contribution in [0.1, 0.15) is 17.4 Å². The summed E-state index contributed by atoms with van der Waals surface area (Å²) >= 11 is 1.73. The number of aromatic nitrogens is 3. The van der Waals surface area contributed by atoms with E-state index in [0.29, 0.717) is 6.54 Å². The van der Waals surface area contributed by atoms with E-state index in [1.54, 1.807) is 28.4 Å². The Labute approximate surface area is 145 Å². The van der Waals surface area contributed by atoms with E-state index >= 15 is 0 Å². The van der Waals surface area contributed by atoms with Gasteiger partial charge in [-0.05, 0) is 42.1 Å². The average Bonchev–Trinajstić information content (AvgIpc) is 3.31. The SMILES string of the molecule is CCNC(=NCc1ccnc(-n2cccn2)c1)NCc1cccs1. The predicted octanol–water partition coefficient (Wildman–Crippen LogP) is 2.58. The number of rotatable bonds is 6. The van der Waals surface area contributed by atoms with Crippen LogP contribution in [0.2, 0.25) is 0 Å². The van der Waals surface area contributed by atoms with E-state index in [1.807, 2.05) is 24.4 Å². The van der Waals surface area contributed by atoms with E-state index in [-0.39, 0.29) is 0 Å². The van der Waals surface area contributed by atoms with E-state index in [1.165, 1.54) is 4.88 Å². The van der Waals surface area contributed by atoms with E-state index < -0.39 is 0 Å². The smallest absolute Gasteiger partial charge is 0.191 e. The van der Waals surface area contributed by atoms with Crippen molar-refractivity contribution in [1.29, 1.82) is 0 Å². The molecular weight excluding hydrogens is 320 g/mol. The van der Waals surface area contributed by atoms with Gasteiger partial charge in [-0.2, -0.15) is 5.10 Å². The number of aliphatic imine (C=N–C) groups is 1. The molecule has 3 aromatic rings. The zero-order valence-corrected chi connectivity index (χ0v) is 14.3. The molecule has 0 saturated heterocycles. The first kappa shape index (κ1) is 16.2. The van der Waals surface area contributed by atoms with E-state index in [9.17, 15) is 0 Å². The van der Waals surface area contributed by atoms with Crippen LogP contribution in [0.15, 0.2) is 59.3 Å². The number of pyridine rings is 1. The molecule has 3 heterocycles. The average molecular weight is 340 g/mol. The second kappa shape index (κ2) is 8.26. The Morgan fingerprint density at radius 2 is 2.21 bits per heavy atom. The molecule has 24 heavy (non-hydrogen) atoms. The lowest BCUT2D eigenvalue weighted by atomic mass is 10.2. The van der Waals surface area contributed by atoms with Gasteiger partial charge in [-0.15, -0.1) is 11.3 Å². The normalized spacial score (nSPS) is 11.5. The number of thiophene rings is 1. The number of guanidine groups is 1. The fraction of sp³-hybridized carbons (Fsp3) is 0.235. The molecule has 0 amide bonds. The maximum atomic E-state index is 4.65. The highest BCUT2D eigenvalue weighted by molar-refractivity contribution is 7.09. The number of nitrogens with zero attached hydrogens (tertiary/aromatic N) is 4. The monoisotopic (exact) mass is 340 g/mol. The van der Waals surface area contributed by atoms with Crippen molar-refractivity contribution < 1.29 is 0 Å². The molecule has 6 nitrogen and oxygen atoms in total. The molecular formula is C17H20N6S. The first-order valence-corrected chi connectivity index (χ1v) is 8.72. The second-order valence-electron chi connectivity index (χ2n) is 5.10. The Bertz CT molecular complexity index is 764. The Morgan fingerprint density at radius 1 is 1.25 bits per heavy atom. The van der Waals surface area contributed by atoms with Crippen LogP contribution in [0.4, 0.5) is 0 Å². The lowest BCUT2D eigenvalue weighted by Gasteiger charge is -2.10. The molecule has 124 valence electrons. The molecule has 0 aliphatic rings. The Morgan fingerprint density at radius 3 is 2.96 bits per heavy atom. The molecule has 7 heteroatoms. The lowest BCUT2D eigenvalue weighted by Crippen LogP contribution is -2.36. The molecule has 0 radical (unpaired) electrons. The van der Waals surface area contributed by atoms with Crippen LogP contribution in [0, 0.1) is 0 Å². The fourth-order valence-electron chi connectivity index (χ4n) is 2.18. The standard InChI is InChI=1S/C17H20N6S/c1-2-18-17(21-13-15-5-3-10-24-15)20-12-14-6-8-19-16(11-14)23-9-4-7-22-23/h3-11H,2,12-13H2,1H3,(H2,18,20,21). The molecule has 0 aromatic carbocycles. The minimum absolute atomic E-state index is 0.580. The van der Waals surface area contributed by atoms with Gasteiger partial charge in [-0.3, -0.25) is 0 Å². The summed E-state index contributed by atoms with van der Waals surface area (Å²) in [5.74, 6) is 1.60. The van der Waals surface area contributed by atoms with Gasteiger partial charge in [-0.1, -0.05) is 6.07 Å². The third-order valence-electron chi connectivity index (χ3n) is 3.32. The summed E-state index contributed by atoms with van der Waals surface area (Å²) in [6.45, 7) is 4.24. The first-order chi connectivity index (χ1) is 11.8. The topological polar surface area (TPSA) is 67.1 Å². The van der Waals surface area contributed by atoms with Crippen molar-refractivity contribution in [2.24, 2.45) is 4.99 Å². The summed E-state index contributed by atoms with van der Waals surface area (Å²) in [5, 5.41) is 12.9. The predicted molar refractivity (Wildman–Crippen MR) is 97.3 cm³/mol. The van der Waals surface area contributed by atoms with Gasteiger partial charge >= 0.3 is 0 Å². The van der Waals surface area contributed by atoms with E-state index in [2.05, 4.69) is 50.1 Å². The van der Waals surface area contributed by atoms with Crippen LogP contribution in [-0.4, -0.2) is 27.3 Å². The maximum absolute atomic E-state index is 4.65. The minimum Gasteiger partial charge on any atom is -0.357 e. The Balaban J connectivity index is 1.66. The third-order valence-corrected chi connectivity index (χ3v) is 4.20. The van der Waals surface area contributed by atoms with Crippen molar-refractivity contribution in [1.82, 2.24) is 25.4 Å². The molecule has 0 aliphatic heterocycles. The second-order valence-corrected chi connectivity index (χ2v) is 6.13. The summed E-state index contributed by atoms with van der Waals surface area (Å²) in [4.78, 5) is 10.3. The molecule has 0 aliphatic carbocycles. The summed E-state index contributed by atoms with van der Waals surface area (Å²) in [6.07, 6.45) is 5.40. The van der Waals surface area contributed by atoms with Gasteiger partial charge in [-0.25, -0.2) is 14.7 Å². The summed E-state index contributed by atoms with van der Waals surface area (Å²) in [7, 11) is 0. The Hall–Kier alpha value is -2.67. The summed E-state index contributed by atoms with van der Waals surface area (Å²) in [5.41, 5.74) is 1.09. The van der Waals surface area contributed by atoms with Crippen LogP contribution in [0.5, 0.6) is 0 Å². The number of hydrogen-bond donors (Lipinski definition) is 2. The van der Waals surface area contributed by atoms with Gasteiger partial charge in [0, 0.05) is 30.0 Å². The van der Waals surface area contributed by atoms with Crippen molar-refractivity contribution in [2.75, 3.05) is 6.54 Å². The van der Waals surface area contributed by atoms with Crippen LogP contribution in [0.25, 0.3) is 5.82 Å². The van der Waals surface area contributed by atoms with Gasteiger partial charge in [0.15, 0.2) is 11.8 Å². The van der Waals surface area contributed by atoms with Crippen molar-refractivity contribution >= 4 is 17.3 Å². The van der Waals surface area contributed by atoms with Gasteiger partial charge < -0.3 is 10.6 Å². The fourth-order valence-corrected chi connectivity index (χ4v) is 2.83. The molecule has 0 atom stereocenters. The zero-order chi connectivity index (χ0) is 16.6. The third kappa shape index (κ3) is 4.42. The number of hydrogen-bond acceptors (Lipinski definition) is 4. The molecule has 0 saturated carbocycles. The molecule has 0 unspecified atom stereocenters. The lowest BCUT2D eigenvalue weighted by molar-refractivity contribution is 0.819.